The first-order valence-electron chi connectivity index (χ1n) is 5.57. The third-order valence-corrected chi connectivity index (χ3v) is 2.98. The van der Waals surface area contributed by atoms with Crippen LogP contribution in [0.15, 0.2) is 34.9 Å². The molecule has 0 unspecified atom stereocenters. The lowest BCUT2D eigenvalue weighted by Crippen LogP contribution is -2.15. The normalized spacial score (nSPS) is 10.2. The van der Waals surface area contributed by atoms with Gasteiger partial charge in [0.25, 0.3) is 5.91 Å². The van der Waals surface area contributed by atoms with Crippen molar-refractivity contribution in [2.45, 2.75) is 0 Å². The number of pyridine rings is 1. The summed E-state index contributed by atoms with van der Waals surface area (Å²) in [7, 11) is 1.39. The van der Waals surface area contributed by atoms with E-state index in [9.17, 15) is 9.18 Å². The van der Waals surface area contributed by atoms with Crippen LogP contribution in [0.3, 0.4) is 0 Å². The Morgan fingerprint density at radius 3 is 2.90 bits per heavy atom. The number of anilines is 2. The van der Waals surface area contributed by atoms with Gasteiger partial charge in [-0.25, -0.2) is 9.37 Å². The van der Waals surface area contributed by atoms with E-state index in [-0.39, 0.29) is 17.1 Å². The minimum atomic E-state index is -0.457. The number of methoxy groups -OCH3 is 1. The van der Waals surface area contributed by atoms with E-state index in [1.807, 2.05) is 0 Å². The van der Waals surface area contributed by atoms with Crippen molar-refractivity contribution >= 4 is 33.3 Å². The van der Waals surface area contributed by atoms with Crippen molar-refractivity contribution in [3.05, 3.63) is 46.3 Å². The Kier molecular flexibility index (Phi) is 4.19. The summed E-state index contributed by atoms with van der Waals surface area (Å²) in [6.07, 6.45) is 1.49. The molecule has 0 atom stereocenters. The largest absolute Gasteiger partial charge is 0.494 e. The molecule has 0 bridgehead atoms. The van der Waals surface area contributed by atoms with Crippen LogP contribution in [0.5, 0.6) is 5.75 Å². The predicted octanol–water partition coefficient (Wildman–Crippen LogP) is 2.83. The first kappa shape index (κ1) is 14.3. The standard InChI is InChI=1S/C13H11BrFN3O2/c1-20-11-5-8(15)2-3-10(11)18-13(19)9-4-7(14)6-17-12(9)16/h2-6H,1H3,(H2,16,17)(H,18,19). The third-order valence-electron chi connectivity index (χ3n) is 2.54. The maximum Gasteiger partial charge on any atom is 0.259 e. The number of rotatable bonds is 3. The van der Waals surface area contributed by atoms with Crippen molar-refractivity contribution in [1.29, 1.82) is 0 Å². The first-order chi connectivity index (χ1) is 9.51. The fourth-order valence-electron chi connectivity index (χ4n) is 1.59. The lowest BCUT2D eigenvalue weighted by molar-refractivity contribution is 0.102. The van der Waals surface area contributed by atoms with E-state index < -0.39 is 11.7 Å². The predicted molar refractivity (Wildman–Crippen MR) is 77.3 cm³/mol. The second kappa shape index (κ2) is 5.87. The molecule has 2 aromatic rings. The van der Waals surface area contributed by atoms with E-state index in [1.165, 1.54) is 31.5 Å². The number of amides is 1. The molecule has 104 valence electrons. The molecule has 3 N–H and O–H groups in total. The lowest BCUT2D eigenvalue weighted by Gasteiger charge is -2.11. The van der Waals surface area contributed by atoms with Gasteiger partial charge in [-0.1, -0.05) is 0 Å². The van der Waals surface area contributed by atoms with Crippen LogP contribution in [0.4, 0.5) is 15.9 Å². The van der Waals surface area contributed by atoms with Crippen LogP contribution in [0.1, 0.15) is 10.4 Å². The summed E-state index contributed by atoms with van der Waals surface area (Å²) in [5.41, 5.74) is 6.21. The molecule has 1 aromatic carbocycles. The summed E-state index contributed by atoms with van der Waals surface area (Å²) in [5.74, 6) is -0.587. The molecule has 5 nitrogen and oxygen atoms in total. The van der Waals surface area contributed by atoms with Gasteiger partial charge in [0.05, 0.1) is 18.4 Å². The first-order valence-corrected chi connectivity index (χ1v) is 6.36. The number of aromatic nitrogens is 1. The highest BCUT2D eigenvalue weighted by Crippen LogP contribution is 2.26. The average molecular weight is 340 g/mol. The number of carbonyl (C=O) groups is 1. The van der Waals surface area contributed by atoms with Crippen molar-refractivity contribution < 1.29 is 13.9 Å². The quantitative estimate of drug-likeness (QED) is 0.901. The highest BCUT2D eigenvalue weighted by atomic mass is 79.9. The molecule has 0 aliphatic carbocycles. The second-order valence-electron chi connectivity index (χ2n) is 3.89. The van der Waals surface area contributed by atoms with Gasteiger partial charge in [-0.05, 0) is 34.1 Å². The highest BCUT2D eigenvalue weighted by Gasteiger charge is 2.14. The van der Waals surface area contributed by atoms with Crippen molar-refractivity contribution in [3.8, 4) is 5.75 Å². The lowest BCUT2D eigenvalue weighted by atomic mass is 10.2. The molecule has 0 aliphatic heterocycles. The Labute approximate surface area is 123 Å². The average Bonchev–Trinajstić information content (AvgIpc) is 2.43. The minimum absolute atomic E-state index is 0.103. The molecule has 1 heterocycles. The van der Waals surface area contributed by atoms with Gasteiger partial charge in [-0.15, -0.1) is 0 Å². The van der Waals surface area contributed by atoms with E-state index in [1.54, 1.807) is 6.07 Å². The fraction of sp³-hybridized carbons (Fsp3) is 0.0769. The number of nitrogens with two attached hydrogens (primary N) is 1. The van der Waals surface area contributed by atoms with Gasteiger partial charge in [0.2, 0.25) is 0 Å². The van der Waals surface area contributed by atoms with Crippen molar-refractivity contribution in [3.63, 3.8) is 0 Å². The smallest absolute Gasteiger partial charge is 0.259 e. The molecule has 0 spiro atoms. The maximum absolute atomic E-state index is 13.1. The summed E-state index contributed by atoms with van der Waals surface area (Å²) in [4.78, 5) is 16.0. The van der Waals surface area contributed by atoms with Crippen LogP contribution < -0.4 is 15.8 Å². The number of nitrogen functional groups attached to an aromatic ring is 1. The van der Waals surface area contributed by atoms with Gasteiger partial charge in [0.1, 0.15) is 17.4 Å². The molecule has 0 saturated heterocycles. The zero-order valence-corrected chi connectivity index (χ0v) is 12.1. The van der Waals surface area contributed by atoms with Crippen LogP contribution in [0.2, 0.25) is 0 Å². The molecular weight excluding hydrogens is 329 g/mol. The minimum Gasteiger partial charge on any atom is -0.494 e. The van der Waals surface area contributed by atoms with Gasteiger partial charge in [0.15, 0.2) is 0 Å². The van der Waals surface area contributed by atoms with E-state index in [0.29, 0.717) is 10.2 Å². The number of halogens is 2. The van der Waals surface area contributed by atoms with Crippen LogP contribution >= 0.6 is 15.9 Å². The highest BCUT2D eigenvalue weighted by molar-refractivity contribution is 9.10. The zero-order valence-electron chi connectivity index (χ0n) is 10.5. The molecule has 1 amide bonds. The molecule has 2 rings (SSSR count). The molecule has 7 heteroatoms. The molecule has 0 radical (unpaired) electrons. The van der Waals surface area contributed by atoms with E-state index >= 15 is 0 Å². The summed E-state index contributed by atoms with van der Waals surface area (Å²) >= 11 is 3.22. The Morgan fingerprint density at radius 1 is 1.45 bits per heavy atom. The summed E-state index contributed by atoms with van der Waals surface area (Å²) in [6.45, 7) is 0. The van der Waals surface area contributed by atoms with Gasteiger partial charge >= 0.3 is 0 Å². The van der Waals surface area contributed by atoms with Crippen LogP contribution in [0.25, 0.3) is 0 Å². The number of nitrogens with one attached hydrogen (secondary N) is 1. The third kappa shape index (κ3) is 3.05. The van der Waals surface area contributed by atoms with E-state index in [2.05, 4.69) is 26.2 Å². The van der Waals surface area contributed by atoms with Crippen LogP contribution in [-0.4, -0.2) is 18.0 Å². The van der Waals surface area contributed by atoms with Crippen molar-refractivity contribution in [2.75, 3.05) is 18.2 Å². The number of benzene rings is 1. The molecule has 0 saturated carbocycles. The molecule has 0 aliphatic rings. The van der Waals surface area contributed by atoms with Crippen molar-refractivity contribution in [1.82, 2.24) is 4.98 Å². The number of carbonyl (C=O) groups excluding carboxylic acids is 1. The summed E-state index contributed by atoms with van der Waals surface area (Å²) < 4.78 is 18.7. The maximum atomic E-state index is 13.1. The Balaban J connectivity index is 2.30. The Bertz CT molecular complexity index is 664. The molecule has 1 aromatic heterocycles. The van der Waals surface area contributed by atoms with Crippen molar-refractivity contribution in [2.24, 2.45) is 0 Å². The molecule has 0 fully saturated rings. The van der Waals surface area contributed by atoms with Gasteiger partial charge in [-0.3, -0.25) is 4.79 Å². The number of ether oxygens (including phenoxy) is 1. The Hall–Kier alpha value is -2.15. The summed E-state index contributed by atoms with van der Waals surface area (Å²) in [6, 6.07) is 5.36. The Morgan fingerprint density at radius 2 is 2.20 bits per heavy atom. The number of nitrogens with zero attached hydrogens (tertiary/aromatic N) is 1. The van der Waals surface area contributed by atoms with Crippen LogP contribution in [0, 0.1) is 5.82 Å². The second-order valence-corrected chi connectivity index (χ2v) is 4.80. The SMILES string of the molecule is COc1cc(F)ccc1NC(=O)c1cc(Br)cnc1N. The van der Waals surface area contributed by atoms with Gasteiger partial charge < -0.3 is 15.8 Å². The number of hydrogen-bond donors (Lipinski definition) is 2. The fourth-order valence-corrected chi connectivity index (χ4v) is 1.92. The zero-order chi connectivity index (χ0) is 14.7. The van der Waals surface area contributed by atoms with Gasteiger partial charge in [-0.2, -0.15) is 0 Å². The topological polar surface area (TPSA) is 77.2 Å². The monoisotopic (exact) mass is 339 g/mol. The molecular formula is C13H11BrFN3O2. The van der Waals surface area contributed by atoms with Crippen LogP contribution in [-0.2, 0) is 0 Å². The summed E-state index contributed by atoms with van der Waals surface area (Å²) in [5, 5.41) is 2.60. The number of hydrogen-bond acceptors (Lipinski definition) is 4. The van der Waals surface area contributed by atoms with E-state index in [4.69, 9.17) is 10.5 Å². The van der Waals surface area contributed by atoms with E-state index in [0.717, 1.165) is 0 Å². The van der Waals surface area contributed by atoms with Gasteiger partial charge in [0, 0.05) is 16.7 Å². The molecule has 20 heavy (non-hydrogen) atoms.